The number of carbonyl (C=O) groups excluding carboxylic acids is 1. The highest BCUT2D eigenvalue weighted by molar-refractivity contribution is 6.34. The van der Waals surface area contributed by atoms with E-state index in [1.807, 2.05) is 24.3 Å². The molecule has 4 nitrogen and oxygen atoms in total. The summed E-state index contributed by atoms with van der Waals surface area (Å²) >= 11 is 6.14. The van der Waals surface area contributed by atoms with Crippen LogP contribution in [0.5, 0.6) is 0 Å². The van der Waals surface area contributed by atoms with Crippen molar-refractivity contribution in [2.75, 3.05) is 11.1 Å². The van der Waals surface area contributed by atoms with E-state index in [9.17, 15) is 4.79 Å². The van der Waals surface area contributed by atoms with E-state index in [4.69, 9.17) is 23.1 Å². The number of nitrogen functional groups attached to an aromatic ring is 1. The smallest absolute Gasteiger partial charge is 0.250 e. The molecule has 2 rings (SSSR count). The number of carbonyl (C=O) groups is 1. The van der Waals surface area contributed by atoms with Crippen molar-refractivity contribution in [2.45, 2.75) is 13.3 Å². The highest BCUT2D eigenvalue weighted by Crippen LogP contribution is 2.31. The molecular formula is C15H16ClN3O. The number of nitrogens with one attached hydrogen (secondary N) is 1. The number of hydrogen-bond donors (Lipinski definition) is 3. The lowest BCUT2D eigenvalue weighted by Crippen LogP contribution is -2.14. The van der Waals surface area contributed by atoms with Crippen LogP contribution in [0.1, 0.15) is 22.8 Å². The van der Waals surface area contributed by atoms with E-state index in [-0.39, 0.29) is 5.56 Å². The number of aryl methyl sites for hydroxylation is 1. The molecule has 0 saturated carbocycles. The second-order valence-electron chi connectivity index (χ2n) is 4.47. The number of amides is 1. The van der Waals surface area contributed by atoms with Gasteiger partial charge in [-0.3, -0.25) is 4.79 Å². The van der Waals surface area contributed by atoms with Crippen molar-refractivity contribution in [3.05, 3.63) is 52.5 Å². The van der Waals surface area contributed by atoms with Crippen LogP contribution < -0.4 is 16.8 Å². The van der Waals surface area contributed by atoms with Crippen LogP contribution >= 0.6 is 11.6 Å². The van der Waals surface area contributed by atoms with Gasteiger partial charge in [-0.25, -0.2) is 0 Å². The van der Waals surface area contributed by atoms with Crippen LogP contribution in [0, 0.1) is 0 Å². The van der Waals surface area contributed by atoms with Gasteiger partial charge in [0.25, 0.3) is 5.91 Å². The quantitative estimate of drug-likeness (QED) is 0.755. The van der Waals surface area contributed by atoms with Crippen LogP contribution in [-0.4, -0.2) is 5.91 Å². The molecule has 2 aromatic carbocycles. The molecule has 0 heterocycles. The number of benzene rings is 2. The van der Waals surface area contributed by atoms with E-state index in [0.29, 0.717) is 16.4 Å². The summed E-state index contributed by atoms with van der Waals surface area (Å²) in [5.41, 5.74) is 14.2. The van der Waals surface area contributed by atoms with Gasteiger partial charge in [0.15, 0.2) is 0 Å². The number of nitrogens with two attached hydrogens (primary N) is 2. The van der Waals surface area contributed by atoms with Gasteiger partial charge in [0, 0.05) is 11.4 Å². The van der Waals surface area contributed by atoms with E-state index in [1.165, 1.54) is 11.6 Å². The predicted octanol–water partition coefficient (Wildman–Crippen LogP) is 3.33. The fraction of sp³-hybridized carbons (Fsp3) is 0.133. The van der Waals surface area contributed by atoms with Gasteiger partial charge in [-0.15, -0.1) is 0 Å². The summed E-state index contributed by atoms with van der Waals surface area (Å²) in [6.07, 6.45) is 0.968. The van der Waals surface area contributed by atoms with Gasteiger partial charge < -0.3 is 16.8 Å². The summed E-state index contributed by atoms with van der Waals surface area (Å²) in [7, 11) is 0. The average molecular weight is 290 g/mol. The Morgan fingerprint density at radius 1 is 1.25 bits per heavy atom. The molecule has 0 unspecified atom stereocenters. The summed E-state index contributed by atoms with van der Waals surface area (Å²) < 4.78 is 0. The molecule has 0 fully saturated rings. The average Bonchev–Trinajstić information content (AvgIpc) is 2.42. The van der Waals surface area contributed by atoms with Gasteiger partial charge in [-0.2, -0.15) is 0 Å². The van der Waals surface area contributed by atoms with Crippen LogP contribution in [0.3, 0.4) is 0 Å². The minimum Gasteiger partial charge on any atom is -0.399 e. The molecule has 104 valence electrons. The topological polar surface area (TPSA) is 81.1 Å². The molecular weight excluding hydrogens is 274 g/mol. The third-order valence-electron chi connectivity index (χ3n) is 3.01. The van der Waals surface area contributed by atoms with E-state index >= 15 is 0 Å². The van der Waals surface area contributed by atoms with Crippen molar-refractivity contribution in [3.8, 4) is 0 Å². The normalized spacial score (nSPS) is 10.3. The van der Waals surface area contributed by atoms with Crippen LogP contribution in [0.4, 0.5) is 17.1 Å². The fourth-order valence-electron chi connectivity index (χ4n) is 1.92. The van der Waals surface area contributed by atoms with Gasteiger partial charge >= 0.3 is 0 Å². The van der Waals surface area contributed by atoms with Crippen molar-refractivity contribution in [2.24, 2.45) is 5.73 Å². The van der Waals surface area contributed by atoms with Crippen LogP contribution in [0.2, 0.25) is 5.02 Å². The Kier molecular flexibility index (Phi) is 4.15. The van der Waals surface area contributed by atoms with E-state index < -0.39 is 5.91 Å². The number of halogens is 1. The monoisotopic (exact) mass is 289 g/mol. The Morgan fingerprint density at radius 2 is 1.90 bits per heavy atom. The zero-order chi connectivity index (χ0) is 14.7. The molecule has 20 heavy (non-hydrogen) atoms. The Balaban J connectivity index is 2.39. The number of rotatable bonds is 4. The van der Waals surface area contributed by atoms with Gasteiger partial charge in [-0.1, -0.05) is 30.7 Å². The van der Waals surface area contributed by atoms with Crippen LogP contribution in [0.15, 0.2) is 36.4 Å². The highest BCUT2D eigenvalue weighted by Gasteiger charge is 2.13. The molecule has 5 N–H and O–H groups in total. The standard InChI is InChI=1S/C15H16ClN3O/c1-2-9-3-5-11(6-4-9)19-14-12(15(18)20)7-10(17)8-13(14)16/h3-8,19H,2,17H2,1H3,(H2,18,20). The molecule has 0 bridgehead atoms. The largest absolute Gasteiger partial charge is 0.399 e. The minimum absolute atomic E-state index is 0.273. The first-order valence-corrected chi connectivity index (χ1v) is 6.64. The third kappa shape index (κ3) is 3.03. The lowest BCUT2D eigenvalue weighted by molar-refractivity contribution is 0.100. The molecule has 0 aromatic heterocycles. The SMILES string of the molecule is CCc1ccc(Nc2c(Cl)cc(N)cc2C(N)=O)cc1. The first kappa shape index (κ1) is 14.2. The van der Waals surface area contributed by atoms with Crippen molar-refractivity contribution >= 4 is 34.6 Å². The summed E-state index contributed by atoms with van der Waals surface area (Å²) in [5, 5.41) is 3.47. The Hall–Kier alpha value is -2.20. The summed E-state index contributed by atoms with van der Waals surface area (Å²) in [6, 6.07) is 11.0. The molecule has 2 aromatic rings. The molecule has 0 radical (unpaired) electrons. The molecule has 0 aliphatic carbocycles. The zero-order valence-corrected chi connectivity index (χ0v) is 11.9. The molecule has 0 spiro atoms. The maximum absolute atomic E-state index is 11.5. The van der Waals surface area contributed by atoms with Gasteiger partial charge in [0.05, 0.1) is 16.3 Å². The zero-order valence-electron chi connectivity index (χ0n) is 11.1. The van der Waals surface area contributed by atoms with E-state index in [2.05, 4.69) is 12.2 Å². The van der Waals surface area contributed by atoms with E-state index in [1.54, 1.807) is 6.07 Å². The van der Waals surface area contributed by atoms with Crippen LogP contribution in [-0.2, 0) is 6.42 Å². The second-order valence-corrected chi connectivity index (χ2v) is 4.87. The van der Waals surface area contributed by atoms with Crippen molar-refractivity contribution in [1.29, 1.82) is 0 Å². The van der Waals surface area contributed by atoms with E-state index in [0.717, 1.165) is 12.1 Å². The summed E-state index contributed by atoms with van der Waals surface area (Å²) in [6.45, 7) is 2.09. The summed E-state index contributed by atoms with van der Waals surface area (Å²) in [4.78, 5) is 11.5. The van der Waals surface area contributed by atoms with Crippen molar-refractivity contribution in [3.63, 3.8) is 0 Å². The van der Waals surface area contributed by atoms with Crippen molar-refractivity contribution in [1.82, 2.24) is 0 Å². The number of anilines is 3. The van der Waals surface area contributed by atoms with Gasteiger partial charge in [-0.05, 0) is 36.2 Å². The van der Waals surface area contributed by atoms with Crippen LogP contribution in [0.25, 0.3) is 0 Å². The number of hydrogen-bond acceptors (Lipinski definition) is 3. The lowest BCUT2D eigenvalue weighted by atomic mass is 10.1. The Bertz CT molecular complexity index is 638. The Morgan fingerprint density at radius 3 is 2.45 bits per heavy atom. The first-order valence-electron chi connectivity index (χ1n) is 6.26. The fourth-order valence-corrected chi connectivity index (χ4v) is 2.19. The minimum atomic E-state index is -0.577. The molecule has 5 heteroatoms. The maximum atomic E-state index is 11.5. The molecule has 0 aliphatic rings. The summed E-state index contributed by atoms with van der Waals surface area (Å²) in [5.74, 6) is -0.577. The number of primary amides is 1. The molecule has 1 amide bonds. The van der Waals surface area contributed by atoms with Crippen molar-refractivity contribution < 1.29 is 4.79 Å². The van der Waals surface area contributed by atoms with Gasteiger partial charge in [0.2, 0.25) is 0 Å². The molecule has 0 aliphatic heterocycles. The Labute approximate surface area is 122 Å². The van der Waals surface area contributed by atoms with Gasteiger partial charge in [0.1, 0.15) is 0 Å². The predicted molar refractivity (Wildman–Crippen MR) is 83.5 cm³/mol. The third-order valence-corrected chi connectivity index (χ3v) is 3.31. The highest BCUT2D eigenvalue weighted by atomic mass is 35.5. The lowest BCUT2D eigenvalue weighted by Gasteiger charge is -2.13. The molecule has 0 atom stereocenters. The second kappa shape index (κ2) is 5.84. The molecule has 0 saturated heterocycles. The first-order chi connectivity index (χ1) is 9.51. The maximum Gasteiger partial charge on any atom is 0.250 e.